The summed E-state index contributed by atoms with van der Waals surface area (Å²) in [6.07, 6.45) is 8.95. The maximum Gasteiger partial charge on any atom is 0.122 e. The molecule has 1 saturated carbocycles. The minimum Gasteiger partial charge on any atom is -0.493 e. The van der Waals surface area contributed by atoms with Gasteiger partial charge in [0.2, 0.25) is 0 Å². The molecule has 0 radical (unpaired) electrons. The maximum atomic E-state index is 5.68. The van der Waals surface area contributed by atoms with Crippen molar-refractivity contribution in [2.24, 2.45) is 5.92 Å². The Morgan fingerprint density at radius 3 is 3.05 bits per heavy atom. The van der Waals surface area contributed by atoms with Crippen molar-refractivity contribution in [2.75, 3.05) is 13.2 Å². The molecule has 1 unspecified atom stereocenters. The van der Waals surface area contributed by atoms with Crippen molar-refractivity contribution in [3.8, 4) is 5.75 Å². The van der Waals surface area contributed by atoms with E-state index in [1.807, 2.05) is 0 Å². The molecule has 1 aromatic carbocycles. The van der Waals surface area contributed by atoms with Crippen molar-refractivity contribution in [1.29, 1.82) is 0 Å². The van der Waals surface area contributed by atoms with E-state index in [2.05, 4.69) is 30.4 Å². The Hall–Kier alpha value is -1.02. The lowest BCUT2D eigenvalue weighted by Crippen LogP contribution is -2.19. The van der Waals surface area contributed by atoms with Gasteiger partial charge in [0.15, 0.2) is 0 Å². The normalized spacial score (nSPS) is 19.2. The van der Waals surface area contributed by atoms with E-state index in [9.17, 15) is 0 Å². The van der Waals surface area contributed by atoms with Gasteiger partial charge in [-0.2, -0.15) is 0 Å². The van der Waals surface area contributed by atoms with Crippen molar-refractivity contribution in [1.82, 2.24) is 5.32 Å². The van der Waals surface area contributed by atoms with Gasteiger partial charge >= 0.3 is 0 Å². The predicted molar refractivity (Wildman–Crippen MR) is 83.4 cm³/mol. The number of fused-ring (bicyclic) bond motifs is 1. The van der Waals surface area contributed by atoms with Crippen molar-refractivity contribution < 1.29 is 4.74 Å². The highest BCUT2D eigenvalue weighted by molar-refractivity contribution is 5.38. The molecule has 2 nitrogen and oxygen atoms in total. The van der Waals surface area contributed by atoms with Crippen LogP contribution in [0.25, 0.3) is 0 Å². The molecule has 0 amide bonds. The smallest absolute Gasteiger partial charge is 0.122 e. The van der Waals surface area contributed by atoms with E-state index in [1.165, 1.54) is 62.6 Å². The van der Waals surface area contributed by atoms with Crippen LogP contribution in [-0.4, -0.2) is 19.2 Å². The molecule has 2 aliphatic rings. The second-order valence-electron chi connectivity index (χ2n) is 6.56. The third-order valence-electron chi connectivity index (χ3n) is 4.55. The van der Waals surface area contributed by atoms with Gasteiger partial charge in [-0.25, -0.2) is 0 Å². The monoisotopic (exact) mass is 273 g/mol. The fourth-order valence-corrected chi connectivity index (χ4v) is 2.95. The van der Waals surface area contributed by atoms with E-state index >= 15 is 0 Å². The van der Waals surface area contributed by atoms with Crippen LogP contribution in [0, 0.1) is 5.92 Å². The quantitative estimate of drug-likeness (QED) is 0.817. The molecule has 1 fully saturated rings. The van der Waals surface area contributed by atoms with Crippen molar-refractivity contribution in [3.05, 3.63) is 29.3 Å². The van der Waals surface area contributed by atoms with E-state index in [0.717, 1.165) is 24.3 Å². The van der Waals surface area contributed by atoms with Gasteiger partial charge in [0.05, 0.1) is 6.61 Å². The first-order valence-corrected chi connectivity index (χ1v) is 8.29. The summed E-state index contributed by atoms with van der Waals surface area (Å²) in [7, 11) is 0. The summed E-state index contributed by atoms with van der Waals surface area (Å²) in [6.45, 7) is 4.47. The minimum atomic E-state index is 0.813. The van der Waals surface area contributed by atoms with E-state index in [1.54, 1.807) is 0 Å². The molecule has 1 aromatic rings. The highest BCUT2D eigenvalue weighted by Crippen LogP contribution is 2.26. The minimum absolute atomic E-state index is 0.813. The molecule has 20 heavy (non-hydrogen) atoms. The molecule has 0 saturated heterocycles. The Labute approximate surface area is 122 Å². The van der Waals surface area contributed by atoms with Crippen LogP contribution >= 0.6 is 0 Å². The molecule has 3 rings (SSSR count). The lowest BCUT2D eigenvalue weighted by molar-refractivity contribution is 0.288. The lowest BCUT2D eigenvalue weighted by atomic mass is 9.96. The Bertz CT molecular complexity index is 439. The summed E-state index contributed by atoms with van der Waals surface area (Å²) < 4.78 is 5.68. The summed E-state index contributed by atoms with van der Waals surface area (Å²) in [5.41, 5.74) is 2.90. The topological polar surface area (TPSA) is 21.3 Å². The zero-order chi connectivity index (χ0) is 13.8. The summed E-state index contributed by atoms with van der Waals surface area (Å²) >= 11 is 0. The van der Waals surface area contributed by atoms with Crippen LogP contribution in [0.5, 0.6) is 5.75 Å². The molecule has 0 aromatic heterocycles. The average molecular weight is 273 g/mol. The van der Waals surface area contributed by atoms with Gasteiger partial charge in [-0.3, -0.25) is 0 Å². The van der Waals surface area contributed by atoms with Crippen molar-refractivity contribution in [3.63, 3.8) is 0 Å². The van der Waals surface area contributed by atoms with Gasteiger partial charge in [-0.05, 0) is 74.6 Å². The Morgan fingerprint density at radius 2 is 2.20 bits per heavy atom. The first-order chi connectivity index (χ1) is 9.81. The number of hydrogen-bond donors (Lipinski definition) is 1. The molecule has 0 spiro atoms. The van der Waals surface area contributed by atoms with Gasteiger partial charge in [-0.1, -0.05) is 19.1 Å². The average Bonchev–Trinajstić information content (AvgIpc) is 3.29. The Kier molecular flexibility index (Phi) is 4.62. The highest BCUT2D eigenvalue weighted by Gasteiger charge is 2.19. The molecule has 2 heteroatoms. The molecule has 1 aliphatic heterocycles. The molecule has 0 bridgehead atoms. The largest absolute Gasteiger partial charge is 0.493 e. The molecule has 1 N–H and O–H groups in total. The standard InChI is InChI=1S/C18H27NO/c1-14(10-11-19-17-7-8-17)4-5-15-6-9-18-16(13-15)3-2-12-20-18/h6,9,13-14,17,19H,2-5,7-8,10-12H2,1H3. The second kappa shape index (κ2) is 6.62. The van der Waals surface area contributed by atoms with Crippen LogP contribution < -0.4 is 10.1 Å². The summed E-state index contributed by atoms with van der Waals surface area (Å²) in [5.74, 6) is 1.93. The summed E-state index contributed by atoms with van der Waals surface area (Å²) in [5, 5.41) is 3.61. The van der Waals surface area contributed by atoms with E-state index in [0.29, 0.717) is 0 Å². The first kappa shape index (κ1) is 13.9. The van der Waals surface area contributed by atoms with E-state index in [-0.39, 0.29) is 0 Å². The molecular weight excluding hydrogens is 246 g/mol. The number of ether oxygens (including phenoxy) is 1. The molecule has 1 atom stereocenters. The second-order valence-corrected chi connectivity index (χ2v) is 6.56. The summed E-state index contributed by atoms with van der Waals surface area (Å²) in [6, 6.07) is 7.63. The Morgan fingerprint density at radius 1 is 1.30 bits per heavy atom. The SMILES string of the molecule is CC(CCNC1CC1)CCc1ccc2c(c1)CCCO2. The van der Waals surface area contributed by atoms with Crippen LogP contribution in [0.2, 0.25) is 0 Å². The van der Waals surface area contributed by atoms with Gasteiger partial charge in [0.25, 0.3) is 0 Å². The van der Waals surface area contributed by atoms with Gasteiger partial charge in [0, 0.05) is 6.04 Å². The van der Waals surface area contributed by atoms with Crippen LogP contribution in [0.1, 0.15) is 50.2 Å². The lowest BCUT2D eigenvalue weighted by Gasteiger charge is -2.18. The number of nitrogens with one attached hydrogen (secondary N) is 1. The van der Waals surface area contributed by atoms with E-state index in [4.69, 9.17) is 4.74 Å². The predicted octanol–water partition coefficient (Wildman–Crippen LogP) is 3.72. The molecule has 1 heterocycles. The third-order valence-corrected chi connectivity index (χ3v) is 4.55. The van der Waals surface area contributed by atoms with Crippen LogP contribution in [0.3, 0.4) is 0 Å². The van der Waals surface area contributed by atoms with Crippen LogP contribution in [0.15, 0.2) is 18.2 Å². The van der Waals surface area contributed by atoms with Gasteiger partial charge < -0.3 is 10.1 Å². The number of benzene rings is 1. The van der Waals surface area contributed by atoms with Crippen LogP contribution in [-0.2, 0) is 12.8 Å². The van der Waals surface area contributed by atoms with Crippen molar-refractivity contribution in [2.45, 2.75) is 57.9 Å². The molecule has 110 valence electrons. The Balaban J connectivity index is 1.42. The fourth-order valence-electron chi connectivity index (χ4n) is 2.95. The molecular formula is C18H27NO. The first-order valence-electron chi connectivity index (χ1n) is 8.29. The highest BCUT2D eigenvalue weighted by atomic mass is 16.5. The van der Waals surface area contributed by atoms with E-state index < -0.39 is 0 Å². The fraction of sp³-hybridized carbons (Fsp3) is 0.667. The van der Waals surface area contributed by atoms with Gasteiger partial charge in [-0.15, -0.1) is 0 Å². The van der Waals surface area contributed by atoms with Gasteiger partial charge in [0.1, 0.15) is 5.75 Å². The zero-order valence-corrected chi connectivity index (χ0v) is 12.7. The van der Waals surface area contributed by atoms with Crippen molar-refractivity contribution >= 4 is 0 Å². The maximum absolute atomic E-state index is 5.68. The molecule has 1 aliphatic carbocycles. The number of hydrogen-bond acceptors (Lipinski definition) is 2. The zero-order valence-electron chi connectivity index (χ0n) is 12.7. The third kappa shape index (κ3) is 3.99. The number of aryl methyl sites for hydroxylation is 2. The van der Waals surface area contributed by atoms with Crippen LogP contribution in [0.4, 0.5) is 0 Å². The number of rotatable bonds is 7. The summed E-state index contributed by atoms with van der Waals surface area (Å²) in [4.78, 5) is 0.